The van der Waals surface area contributed by atoms with Crippen molar-refractivity contribution < 1.29 is 0 Å². The number of anilines is 6. The van der Waals surface area contributed by atoms with Crippen LogP contribution < -0.4 is 9.80 Å². The van der Waals surface area contributed by atoms with Crippen LogP contribution in [-0.2, 0) is 23.7 Å². The number of benzene rings is 9. The third-order valence-corrected chi connectivity index (χ3v) is 15.7. The monoisotopic (exact) mass is 822 g/mol. The molecule has 1 spiro atoms. The Kier molecular flexibility index (Phi) is 8.28. The maximum Gasteiger partial charge on any atom is 0.0546 e. The van der Waals surface area contributed by atoms with Gasteiger partial charge in [-0.25, -0.2) is 0 Å². The molecule has 1 saturated carbocycles. The topological polar surface area (TPSA) is 6.48 Å². The number of rotatable bonds is 7. The Hall–Kier alpha value is -7.16. The summed E-state index contributed by atoms with van der Waals surface area (Å²) in [6.45, 7) is 4.80. The van der Waals surface area contributed by atoms with E-state index in [2.05, 4.69) is 230 Å². The molecule has 9 aromatic carbocycles. The summed E-state index contributed by atoms with van der Waals surface area (Å²) in [5.74, 6) is 1.01. The van der Waals surface area contributed by atoms with Crippen LogP contribution in [0.5, 0.6) is 0 Å². The lowest BCUT2D eigenvalue weighted by Gasteiger charge is -2.40. The quantitative estimate of drug-likeness (QED) is 0.158. The Morgan fingerprint density at radius 2 is 0.984 bits per heavy atom. The van der Waals surface area contributed by atoms with E-state index < -0.39 is 0 Å². The van der Waals surface area contributed by atoms with Crippen molar-refractivity contribution in [2.75, 3.05) is 9.80 Å². The van der Waals surface area contributed by atoms with E-state index in [1.165, 1.54) is 113 Å². The normalized spacial score (nSPS) is 19.3. The molecule has 2 nitrogen and oxygen atoms in total. The van der Waals surface area contributed by atoms with Crippen molar-refractivity contribution in [1.82, 2.24) is 0 Å². The van der Waals surface area contributed by atoms with Gasteiger partial charge in [0.1, 0.15) is 0 Å². The van der Waals surface area contributed by atoms with Gasteiger partial charge in [-0.1, -0.05) is 166 Å². The second kappa shape index (κ2) is 14.2. The molecule has 4 aliphatic rings. The average molecular weight is 823 g/mol. The third-order valence-electron chi connectivity index (χ3n) is 15.7. The van der Waals surface area contributed by atoms with Crippen LogP contribution in [0, 0.1) is 11.8 Å². The first-order valence-electron chi connectivity index (χ1n) is 23.3. The van der Waals surface area contributed by atoms with Crippen molar-refractivity contribution >= 4 is 44.9 Å². The van der Waals surface area contributed by atoms with Crippen LogP contribution >= 0.6 is 0 Å². The zero-order chi connectivity index (χ0) is 42.6. The fourth-order valence-corrected chi connectivity index (χ4v) is 13.2. The van der Waals surface area contributed by atoms with Gasteiger partial charge in [0.25, 0.3) is 0 Å². The minimum Gasteiger partial charge on any atom is -0.310 e. The largest absolute Gasteiger partial charge is 0.310 e. The SMILES string of the molecule is CC1(C)c2ccccc2-c2ccc(N(c3ccccc3)c3cccc4c3C35c6c(cccc6N(c6ccccc6)c6ccc7ccccc7c6-c6ccccc6)CC3CCC5C4)cc21. The number of para-hydroxylation sites is 2. The highest BCUT2D eigenvalue weighted by Gasteiger charge is 2.62. The van der Waals surface area contributed by atoms with E-state index in [1.54, 1.807) is 0 Å². The van der Waals surface area contributed by atoms with Crippen molar-refractivity contribution in [1.29, 1.82) is 0 Å². The maximum atomic E-state index is 2.62. The molecule has 0 heterocycles. The van der Waals surface area contributed by atoms with Crippen molar-refractivity contribution in [3.05, 3.63) is 240 Å². The highest BCUT2D eigenvalue weighted by Crippen LogP contribution is 2.69. The van der Waals surface area contributed by atoms with Crippen LogP contribution in [-0.4, -0.2) is 0 Å². The average Bonchev–Trinajstić information content (AvgIpc) is 4.04. The molecule has 64 heavy (non-hydrogen) atoms. The molecule has 0 N–H and O–H groups in total. The Balaban J connectivity index is 1.07. The van der Waals surface area contributed by atoms with Crippen molar-refractivity contribution in [3.63, 3.8) is 0 Å². The zero-order valence-electron chi connectivity index (χ0n) is 36.5. The molecular weight excluding hydrogens is 773 g/mol. The molecule has 3 atom stereocenters. The van der Waals surface area contributed by atoms with Crippen molar-refractivity contribution in [2.45, 2.75) is 50.4 Å². The van der Waals surface area contributed by atoms with Crippen molar-refractivity contribution in [3.8, 4) is 22.3 Å². The Morgan fingerprint density at radius 3 is 1.67 bits per heavy atom. The number of nitrogens with zero attached hydrogens (tertiary/aromatic N) is 2. The van der Waals surface area contributed by atoms with Gasteiger partial charge < -0.3 is 9.80 Å². The smallest absolute Gasteiger partial charge is 0.0546 e. The Bertz CT molecular complexity index is 3270. The summed E-state index contributed by atoms with van der Waals surface area (Å²) < 4.78 is 0. The first-order valence-corrected chi connectivity index (χ1v) is 23.3. The summed E-state index contributed by atoms with van der Waals surface area (Å²) in [4.78, 5) is 5.23. The predicted octanol–water partition coefficient (Wildman–Crippen LogP) is 16.2. The molecular formula is C62H50N2. The van der Waals surface area contributed by atoms with E-state index in [4.69, 9.17) is 0 Å². The summed E-state index contributed by atoms with van der Waals surface area (Å²) in [6, 6.07) is 77.7. The third kappa shape index (κ3) is 5.26. The van der Waals surface area contributed by atoms with Crippen LogP contribution in [0.3, 0.4) is 0 Å². The molecule has 9 aromatic rings. The summed E-state index contributed by atoms with van der Waals surface area (Å²) in [6.07, 6.45) is 4.66. The molecule has 308 valence electrons. The minimum atomic E-state index is -0.159. The predicted molar refractivity (Wildman–Crippen MR) is 267 cm³/mol. The van der Waals surface area contributed by atoms with Gasteiger partial charge in [-0.2, -0.15) is 0 Å². The van der Waals surface area contributed by atoms with Gasteiger partial charge in [0.05, 0.1) is 17.1 Å². The second-order valence-electron chi connectivity index (χ2n) is 19.2. The van der Waals surface area contributed by atoms with Crippen LogP contribution in [0.2, 0.25) is 0 Å². The lowest BCUT2D eigenvalue weighted by Crippen LogP contribution is -2.34. The van der Waals surface area contributed by atoms with E-state index in [1.807, 2.05) is 0 Å². The van der Waals surface area contributed by atoms with Gasteiger partial charge in [0.15, 0.2) is 0 Å². The van der Waals surface area contributed by atoms with Crippen molar-refractivity contribution in [2.24, 2.45) is 11.8 Å². The van der Waals surface area contributed by atoms with E-state index >= 15 is 0 Å². The maximum absolute atomic E-state index is 2.62. The summed E-state index contributed by atoms with van der Waals surface area (Å²) in [5.41, 5.74) is 21.2. The molecule has 2 heteroatoms. The van der Waals surface area contributed by atoms with Crippen LogP contribution in [0.1, 0.15) is 60.1 Å². The first-order chi connectivity index (χ1) is 31.5. The van der Waals surface area contributed by atoms with Gasteiger partial charge in [-0.05, 0) is 153 Å². The van der Waals surface area contributed by atoms with Gasteiger partial charge in [0.2, 0.25) is 0 Å². The molecule has 3 unspecified atom stereocenters. The molecule has 4 aliphatic carbocycles. The lowest BCUT2D eigenvalue weighted by molar-refractivity contribution is 0.350. The summed E-state index contributed by atoms with van der Waals surface area (Å²) in [5, 5.41) is 2.52. The summed E-state index contributed by atoms with van der Waals surface area (Å²) in [7, 11) is 0. The first kappa shape index (κ1) is 37.4. The standard InChI is InChI=1S/C62H50N2/c1-61(2)53-29-15-14-28-51(53)52-36-35-49(40-54(52)61)63(47-23-8-4-9-24-47)56-30-16-21-43-38-45-33-34-46-39-44-22-17-31-57(60(44)62(45,46)59(43)56)64(48-25-10-5-11-26-48)55-37-32-41-18-12-13-27-50(41)58(55)42-19-6-3-7-20-42/h3-32,35-37,40,45-46H,33-34,38-39H2,1-2H3. The highest BCUT2D eigenvalue weighted by atomic mass is 15.2. The van der Waals surface area contributed by atoms with Crippen LogP contribution in [0.25, 0.3) is 33.0 Å². The summed E-state index contributed by atoms with van der Waals surface area (Å²) >= 11 is 0. The van der Waals surface area contributed by atoms with Gasteiger partial charge in [0, 0.05) is 33.5 Å². The van der Waals surface area contributed by atoms with E-state index in [0.717, 1.165) is 12.8 Å². The van der Waals surface area contributed by atoms with Gasteiger partial charge in [-0.15, -0.1) is 0 Å². The fraction of sp³-hybridized carbons (Fsp3) is 0.161. The molecule has 0 radical (unpaired) electrons. The lowest BCUT2D eigenvalue weighted by atomic mass is 9.68. The Labute approximate surface area is 377 Å². The second-order valence-corrected chi connectivity index (χ2v) is 19.2. The number of hydrogen-bond donors (Lipinski definition) is 0. The molecule has 0 saturated heterocycles. The molecule has 0 aromatic heterocycles. The Morgan fingerprint density at radius 1 is 0.422 bits per heavy atom. The fourth-order valence-electron chi connectivity index (χ4n) is 13.2. The molecule has 13 rings (SSSR count). The van der Waals surface area contributed by atoms with Crippen LogP contribution in [0.4, 0.5) is 34.1 Å². The molecule has 0 amide bonds. The molecule has 0 aliphatic heterocycles. The number of fused-ring (bicyclic) bond motifs is 6. The zero-order valence-corrected chi connectivity index (χ0v) is 36.5. The molecule has 0 bridgehead atoms. The van der Waals surface area contributed by atoms with E-state index in [9.17, 15) is 0 Å². The molecule has 1 fully saturated rings. The van der Waals surface area contributed by atoms with Gasteiger partial charge in [-0.3, -0.25) is 0 Å². The number of hydrogen-bond acceptors (Lipinski definition) is 2. The van der Waals surface area contributed by atoms with E-state index in [-0.39, 0.29) is 10.8 Å². The van der Waals surface area contributed by atoms with Crippen LogP contribution in [0.15, 0.2) is 206 Å². The minimum absolute atomic E-state index is 0.106. The van der Waals surface area contributed by atoms with Gasteiger partial charge >= 0.3 is 0 Å². The van der Waals surface area contributed by atoms with E-state index in [0.29, 0.717) is 11.8 Å². The highest BCUT2D eigenvalue weighted by molar-refractivity contribution is 6.06.